The van der Waals surface area contributed by atoms with Crippen molar-refractivity contribution in [1.82, 2.24) is 5.32 Å². The second-order valence-corrected chi connectivity index (χ2v) is 4.12. The molecule has 1 atom stereocenters. The Balaban J connectivity index is 3.48. The molecule has 0 aromatic carbocycles. The fraction of sp³-hybridized carbons (Fsp3) is 0.667. The third kappa shape index (κ3) is 9.42. The van der Waals surface area contributed by atoms with Gasteiger partial charge in [0.1, 0.15) is 6.29 Å². The molecular formula is C9H15NO4S. The predicted molar refractivity (Wildman–Crippen MR) is 57.5 cm³/mol. The lowest BCUT2D eigenvalue weighted by atomic mass is 10.2. The van der Waals surface area contributed by atoms with Crippen LogP contribution in [-0.2, 0) is 14.4 Å². The molecule has 0 fully saturated rings. The van der Waals surface area contributed by atoms with E-state index < -0.39 is 6.10 Å². The van der Waals surface area contributed by atoms with Gasteiger partial charge in [0, 0.05) is 32.1 Å². The van der Waals surface area contributed by atoms with E-state index in [-0.39, 0.29) is 23.9 Å². The molecule has 15 heavy (non-hydrogen) atoms. The minimum Gasteiger partial charge on any atom is -0.392 e. The molecule has 86 valence electrons. The maximum Gasteiger partial charge on any atom is 0.216 e. The number of amides is 1. The van der Waals surface area contributed by atoms with Crippen LogP contribution in [-0.4, -0.2) is 40.8 Å². The Morgan fingerprint density at radius 3 is 2.73 bits per heavy atom. The van der Waals surface area contributed by atoms with E-state index in [9.17, 15) is 14.4 Å². The highest BCUT2D eigenvalue weighted by molar-refractivity contribution is 8.13. The second kappa shape index (κ2) is 8.43. The Morgan fingerprint density at radius 1 is 1.53 bits per heavy atom. The lowest BCUT2D eigenvalue weighted by Crippen LogP contribution is -2.23. The van der Waals surface area contributed by atoms with Crippen molar-refractivity contribution in [2.45, 2.75) is 25.9 Å². The Hall–Kier alpha value is -0.880. The fourth-order valence-corrected chi connectivity index (χ4v) is 1.58. The number of carbonyl (C=O) groups is 3. The van der Waals surface area contributed by atoms with Crippen LogP contribution in [0.2, 0.25) is 0 Å². The molecule has 0 aliphatic carbocycles. The second-order valence-electron chi connectivity index (χ2n) is 2.96. The standard InChI is InChI=1S/C9H15NO4S/c1-7(12)10-3-5-15-9(14)6-8(13)2-4-11/h4,8,13H,2-3,5-6H2,1H3,(H,10,12)/t8-/m0/s1. The molecule has 0 spiro atoms. The van der Waals surface area contributed by atoms with Crippen LogP contribution in [0, 0.1) is 0 Å². The van der Waals surface area contributed by atoms with Crippen molar-refractivity contribution in [2.75, 3.05) is 12.3 Å². The first-order valence-electron chi connectivity index (χ1n) is 4.58. The Kier molecular flexibility index (Phi) is 7.94. The molecular weight excluding hydrogens is 218 g/mol. The first-order valence-corrected chi connectivity index (χ1v) is 5.56. The number of nitrogens with one attached hydrogen (secondary N) is 1. The summed E-state index contributed by atoms with van der Waals surface area (Å²) in [6.45, 7) is 1.83. The van der Waals surface area contributed by atoms with Crippen molar-refractivity contribution in [3.63, 3.8) is 0 Å². The smallest absolute Gasteiger partial charge is 0.216 e. The summed E-state index contributed by atoms with van der Waals surface area (Å²) in [4.78, 5) is 31.6. The van der Waals surface area contributed by atoms with Crippen molar-refractivity contribution < 1.29 is 19.5 Å². The molecule has 0 unspecified atom stereocenters. The van der Waals surface area contributed by atoms with Gasteiger partial charge in [-0.25, -0.2) is 0 Å². The van der Waals surface area contributed by atoms with Gasteiger partial charge in [0.25, 0.3) is 0 Å². The summed E-state index contributed by atoms with van der Waals surface area (Å²) in [6, 6.07) is 0. The zero-order chi connectivity index (χ0) is 11.7. The topological polar surface area (TPSA) is 83.5 Å². The van der Waals surface area contributed by atoms with Crippen LogP contribution in [0.25, 0.3) is 0 Å². The molecule has 0 bridgehead atoms. The molecule has 5 nitrogen and oxygen atoms in total. The van der Waals surface area contributed by atoms with Crippen LogP contribution in [0.15, 0.2) is 0 Å². The number of aliphatic hydroxyl groups excluding tert-OH is 1. The van der Waals surface area contributed by atoms with Gasteiger partial charge in [0.2, 0.25) is 5.91 Å². The van der Waals surface area contributed by atoms with Gasteiger partial charge in [-0.05, 0) is 0 Å². The SMILES string of the molecule is CC(=O)NCCSC(=O)C[C@@H](O)CC=O. The highest BCUT2D eigenvalue weighted by Crippen LogP contribution is 2.08. The fourth-order valence-electron chi connectivity index (χ4n) is 0.838. The van der Waals surface area contributed by atoms with E-state index in [2.05, 4.69) is 5.32 Å². The number of hydrogen-bond donors (Lipinski definition) is 2. The first-order chi connectivity index (χ1) is 7.06. The van der Waals surface area contributed by atoms with E-state index in [4.69, 9.17) is 5.11 Å². The maximum atomic E-state index is 11.1. The van der Waals surface area contributed by atoms with Gasteiger partial charge in [-0.15, -0.1) is 0 Å². The Morgan fingerprint density at radius 2 is 2.20 bits per heavy atom. The van der Waals surface area contributed by atoms with Gasteiger partial charge in [-0.3, -0.25) is 9.59 Å². The molecule has 0 aliphatic heterocycles. The molecule has 0 aromatic heterocycles. The molecule has 0 radical (unpaired) electrons. The van der Waals surface area contributed by atoms with E-state index in [1.807, 2.05) is 0 Å². The molecule has 0 rings (SSSR count). The van der Waals surface area contributed by atoms with E-state index in [1.54, 1.807) is 0 Å². The maximum absolute atomic E-state index is 11.1. The molecule has 2 N–H and O–H groups in total. The van der Waals surface area contributed by atoms with Gasteiger partial charge in [-0.1, -0.05) is 11.8 Å². The number of aldehydes is 1. The monoisotopic (exact) mass is 233 g/mol. The molecule has 1 amide bonds. The number of carbonyl (C=O) groups excluding carboxylic acids is 3. The molecule has 0 aliphatic rings. The van der Waals surface area contributed by atoms with E-state index >= 15 is 0 Å². The van der Waals surface area contributed by atoms with Crippen LogP contribution < -0.4 is 5.32 Å². The van der Waals surface area contributed by atoms with Crippen LogP contribution in [0.3, 0.4) is 0 Å². The Labute approximate surface area is 92.6 Å². The number of aliphatic hydroxyl groups is 1. The van der Waals surface area contributed by atoms with Crippen LogP contribution in [0.1, 0.15) is 19.8 Å². The van der Waals surface area contributed by atoms with Gasteiger partial charge in [0.15, 0.2) is 5.12 Å². The summed E-state index contributed by atoms with van der Waals surface area (Å²) >= 11 is 1.04. The minimum atomic E-state index is -0.886. The van der Waals surface area contributed by atoms with Crippen LogP contribution >= 0.6 is 11.8 Å². The number of rotatable bonds is 7. The van der Waals surface area contributed by atoms with Gasteiger partial charge in [0.05, 0.1) is 6.10 Å². The van der Waals surface area contributed by atoms with Gasteiger partial charge < -0.3 is 15.2 Å². The molecule has 0 heterocycles. The number of hydrogen-bond acceptors (Lipinski definition) is 5. The first kappa shape index (κ1) is 14.1. The van der Waals surface area contributed by atoms with E-state index in [0.717, 1.165) is 11.8 Å². The summed E-state index contributed by atoms with van der Waals surface area (Å²) in [5.74, 6) is 0.343. The molecule has 0 aromatic rings. The lowest BCUT2D eigenvalue weighted by molar-refractivity contribution is -0.119. The van der Waals surface area contributed by atoms with E-state index in [0.29, 0.717) is 18.6 Å². The summed E-state index contributed by atoms with van der Waals surface area (Å²) < 4.78 is 0. The minimum absolute atomic E-state index is 0.0159. The highest BCUT2D eigenvalue weighted by atomic mass is 32.2. The zero-order valence-corrected chi connectivity index (χ0v) is 9.38. The lowest BCUT2D eigenvalue weighted by Gasteiger charge is -2.05. The van der Waals surface area contributed by atoms with Gasteiger partial charge >= 0.3 is 0 Å². The van der Waals surface area contributed by atoms with Crippen molar-refractivity contribution >= 4 is 29.1 Å². The van der Waals surface area contributed by atoms with Crippen molar-refractivity contribution in [2.24, 2.45) is 0 Å². The normalized spacial score (nSPS) is 11.9. The summed E-state index contributed by atoms with van der Waals surface area (Å²) in [6.07, 6.45) is -0.343. The van der Waals surface area contributed by atoms with Crippen molar-refractivity contribution in [3.8, 4) is 0 Å². The summed E-state index contributed by atoms with van der Waals surface area (Å²) in [7, 11) is 0. The molecule has 0 saturated carbocycles. The van der Waals surface area contributed by atoms with Crippen molar-refractivity contribution in [1.29, 1.82) is 0 Å². The quantitative estimate of drug-likeness (QED) is 0.467. The largest absolute Gasteiger partial charge is 0.392 e. The molecule has 0 saturated heterocycles. The third-order valence-electron chi connectivity index (χ3n) is 1.51. The van der Waals surface area contributed by atoms with E-state index in [1.165, 1.54) is 6.92 Å². The highest BCUT2D eigenvalue weighted by Gasteiger charge is 2.10. The number of thioether (sulfide) groups is 1. The van der Waals surface area contributed by atoms with Crippen LogP contribution in [0.5, 0.6) is 0 Å². The van der Waals surface area contributed by atoms with Gasteiger partial charge in [-0.2, -0.15) is 0 Å². The summed E-state index contributed by atoms with van der Waals surface area (Å²) in [5.41, 5.74) is 0. The Bertz CT molecular complexity index is 232. The third-order valence-corrected chi connectivity index (χ3v) is 2.41. The zero-order valence-electron chi connectivity index (χ0n) is 8.56. The van der Waals surface area contributed by atoms with Crippen molar-refractivity contribution in [3.05, 3.63) is 0 Å². The average molecular weight is 233 g/mol. The summed E-state index contributed by atoms with van der Waals surface area (Å²) in [5, 5.41) is 11.5. The molecule has 6 heteroatoms. The van der Waals surface area contributed by atoms with Crippen LogP contribution in [0.4, 0.5) is 0 Å². The average Bonchev–Trinajstić information content (AvgIpc) is 2.12. The predicted octanol–water partition coefficient (Wildman–Crippen LogP) is -0.278.